The predicted molar refractivity (Wildman–Crippen MR) is 75.7 cm³/mol. The molecule has 0 bridgehead atoms. The molecule has 0 aliphatic heterocycles. The summed E-state index contributed by atoms with van der Waals surface area (Å²) >= 11 is 1.55. The van der Waals surface area contributed by atoms with E-state index in [1.165, 1.54) is 0 Å². The number of anilines is 1. The van der Waals surface area contributed by atoms with Crippen LogP contribution in [0.15, 0.2) is 24.3 Å². The molecule has 1 amide bonds. The summed E-state index contributed by atoms with van der Waals surface area (Å²) in [4.78, 5) is 14.1. The van der Waals surface area contributed by atoms with E-state index in [9.17, 15) is 13.6 Å². The SMILES string of the molecule is Cc1ccc(C(C)NC(=O)c2cc(N)c(F)cc2F)s1. The molecule has 3 N–H and O–H groups in total. The lowest BCUT2D eigenvalue weighted by Gasteiger charge is -2.13. The molecule has 0 saturated heterocycles. The van der Waals surface area contributed by atoms with Gasteiger partial charge in [-0.25, -0.2) is 8.78 Å². The number of nitrogen functional groups attached to an aromatic ring is 1. The normalized spacial score (nSPS) is 12.2. The number of rotatable bonds is 3. The second-order valence-corrected chi connectivity index (χ2v) is 5.82. The largest absolute Gasteiger partial charge is 0.396 e. The first-order valence-corrected chi connectivity index (χ1v) is 6.82. The third-order valence-corrected chi connectivity index (χ3v) is 4.05. The number of carbonyl (C=O) groups excluding carboxylic acids is 1. The van der Waals surface area contributed by atoms with Gasteiger partial charge >= 0.3 is 0 Å². The fourth-order valence-corrected chi connectivity index (χ4v) is 2.65. The van der Waals surface area contributed by atoms with Crippen molar-refractivity contribution in [1.29, 1.82) is 0 Å². The smallest absolute Gasteiger partial charge is 0.254 e. The van der Waals surface area contributed by atoms with Crippen molar-refractivity contribution in [1.82, 2.24) is 5.32 Å². The minimum Gasteiger partial charge on any atom is -0.396 e. The van der Waals surface area contributed by atoms with Crippen LogP contribution in [0.2, 0.25) is 0 Å². The van der Waals surface area contributed by atoms with Gasteiger partial charge in [-0.05, 0) is 32.0 Å². The van der Waals surface area contributed by atoms with Crippen LogP contribution in [0.3, 0.4) is 0 Å². The maximum atomic E-state index is 13.6. The van der Waals surface area contributed by atoms with Gasteiger partial charge in [0.2, 0.25) is 0 Å². The number of thiophene rings is 1. The molecule has 1 atom stereocenters. The fraction of sp³-hybridized carbons (Fsp3) is 0.214. The molecule has 3 nitrogen and oxygen atoms in total. The molecule has 0 saturated carbocycles. The van der Waals surface area contributed by atoms with Crippen molar-refractivity contribution in [2.75, 3.05) is 5.73 Å². The molecular weight excluding hydrogens is 282 g/mol. The Morgan fingerprint density at radius 3 is 2.60 bits per heavy atom. The highest BCUT2D eigenvalue weighted by Crippen LogP contribution is 2.23. The van der Waals surface area contributed by atoms with Crippen molar-refractivity contribution >= 4 is 22.9 Å². The molecule has 1 aromatic carbocycles. The lowest BCUT2D eigenvalue weighted by atomic mass is 10.1. The number of halogens is 2. The third kappa shape index (κ3) is 2.96. The maximum absolute atomic E-state index is 13.6. The van der Waals surface area contributed by atoms with Gasteiger partial charge in [0, 0.05) is 15.8 Å². The Morgan fingerprint density at radius 1 is 1.30 bits per heavy atom. The van der Waals surface area contributed by atoms with E-state index in [1.807, 2.05) is 19.1 Å². The number of nitrogens with two attached hydrogens (primary N) is 1. The molecule has 20 heavy (non-hydrogen) atoms. The summed E-state index contributed by atoms with van der Waals surface area (Å²) in [6.45, 7) is 3.76. The second-order valence-electron chi connectivity index (χ2n) is 4.50. The van der Waals surface area contributed by atoms with Crippen LogP contribution in [0.25, 0.3) is 0 Å². The van der Waals surface area contributed by atoms with Crippen LogP contribution < -0.4 is 11.1 Å². The third-order valence-electron chi connectivity index (χ3n) is 2.87. The Morgan fingerprint density at radius 2 is 2.00 bits per heavy atom. The summed E-state index contributed by atoms with van der Waals surface area (Å²) in [6.07, 6.45) is 0. The number of carbonyl (C=O) groups is 1. The molecule has 0 spiro atoms. The number of nitrogens with one attached hydrogen (secondary N) is 1. The molecule has 106 valence electrons. The number of hydrogen-bond donors (Lipinski definition) is 2. The second kappa shape index (κ2) is 5.58. The highest BCUT2D eigenvalue weighted by Gasteiger charge is 2.18. The molecule has 2 aromatic rings. The Bertz CT molecular complexity index is 655. The van der Waals surface area contributed by atoms with Crippen LogP contribution in [0.5, 0.6) is 0 Å². The number of hydrogen-bond acceptors (Lipinski definition) is 3. The number of amides is 1. The van der Waals surface area contributed by atoms with Gasteiger partial charge in [0.1, 0.15) is 11.6 Å². The minimum atomic E-state index is -0.927. The Labute approximate surface area is 119 Å². The van der Waals surface area contributed by atoms with Crippen molar-refractivity contribution in [3.05, 3.63) is 51.2 Å². The van der Waals surface area contributed by atoms with Gasteiger partial charge < -0.3 is 11.1 Å². The van der Waals surface area contributed by atoms with Gasteiger partial charge in [-0.15, -0.1) is 11.3 Å². The summed E-state index contributed by atoms with van der Waals surface area (Å²) in [5.41, 5.74) is 4.84. The average molecular weight is 296 g/mol. The maximum Gasteiger partial charge on any atom is 0.254 e. The first-order chi connectivity index (χ1) is 9.38. The van der Waals surface area contributed by atoms with E-state index in [2.05, 4.69) is 5.32 Å². The highest BCUT2D eigenvalue weighted by atomic mass is 32.1. The molecular formula is C14H14F2N2OS. The Balaban J connectivity index is 2.18. The van der Waals surface area contributed by atoms with E-state index in [-0.39, 0.29) is 17.3 Å². The number of aryl methyl sites for hydroxylation is 1. The zero-order valence-corrected chi connectivity index (χ0v) is 11.9. The molecule has 1 unspecified atom stereocenters. The molecule has 0 radical (unpaired) electrons. The summed E-state index contributed by atoms with van der Waals surface area (Å²) in [5, 5.41) is 2.67. The van der Waals surface area contributed by atoms with E-state index in [4.69, 9.17) is 5.73 Å². The summed E-state index contributed by atoms with van der Waals surface area (Å²) < 4.78 is 26.6. The molecule has 6 heteroatoms. The standard InChI is InChI=1S/C14H14F2N2OS/c1-7-3-4-13(20-7)8(2)18-14(19)9-5-12(17)11(16)6-10(9)15/h3-6,8H,17H2,1-2H3,(H,18,19). The summed E-state index contributed by atoms with van der Waals surface area (Å²) in [5.74, 6) is -2.42. The van der Waals surface area contributed by atoms with Crippen molar-refractivity contribution in [2.24, 2.45) is 0 Å². The monoisotopic (exact) mass is 296 g/mol. The lowest BCUT2D eigenvalue weighted by molar-refractivity contribution is 0.0936. The topological polar surface area (TPSA) is 55.1 Å². The van der Waals surface area contributed by atoms with Crippen LogP contribution in [0.1, 0.15) is 33.1 Å². The average Bonchev–Trinajstić information content (AvgIpc) is 2.80. The van der Waals surface area contributed by atoms with Gasteiger partial charge in [-0.3, -0.25) is 4.79 Å². The number of benzene rings is 1. The van der Waals surface area contributed by atoms with Crippen LogP contribution in [-0.4, -0.2) is 5.91 Å². The summed E-state index contributed by atoms with van der Waals surface area (Å²) in [6, 6.07) is 5.21. The Hall–Kier alpha value is -1.95. The molecule has 0 fully saturated rings. The zero-order chi connectivity index (χ0) is 14.9. The van der Waals surface area contributed by atoms with E-state index in [1.54, 1.807) is 18.3 Å². The first-order valence-electron chi connectivity index (χ1n) is 6.00. The fourth-order valence-electron chi connectivity index (χ4n) is 1.77. The van der Waals surface area contributed by atoms with Crippen molar-refractivity contribution in [2.45, 2.75) is 19.9 Å². The van der Waals surface area contributed by atoms with Crippen LogP contribution in [0.4, 0.5) is 14.5 Å². The zero-order valence-electron chi connectivity index (χ0n) is 11.0. The van der Waals surface area contributed by atoms with E-state index in [0.29, 0.717) is 6.07 Å². The van der Waals surface area contributed by atoms with E-state index < -0.39 is 17.5 Å². The van der Waals surface area contributed by atoms with Crippen molar-refractivity contribution in [3.63, 3.8) is 0 Å². The molecule has 1 aromatic heterocycles. The molecule has 0 aliphatic carbocycles. The highest BCUT2D eigenvalue weighted by molar-refractivity contribution is 7.12. The summed E-state index contributed by atoms with van der Waals surface area (Å²) in [7, 11) is 0. The van der Waals surface area contributed by atoms with Crippen molar-refractivity contribution < 1.29 is 13.6 Å². The van der Waals surface area contributed by atoms with Crippen molar-refractivity contribution in [3.8, 4) is 0 Å². The molecule has 2 rings (SSSR count). The van der Waals surface area contributed by atoms with Gasteiger partial charge in [0.15, 0.2) is 0 Å². The molecule has 0 aliphatic rings. The van der Waals surface area contributed by atoms with E-state index >= 15 is 0 Å². The van der Waals surface area contributed by atoms with Gasteiger partial charge in [0.25, 0.3) is 5.91 Å². The minimum absolute atomic E-state index is 0.254. The Kier molecular flexibility index (Phi) is 4.04. The quantitative estimate of drug-likeness (QED) is 0.853. The van der Waals surface area contributed by atoms with Crippen LogP contribution in [-0.2, 0) is 0 Å². The van der Waals surface area contributed by atoms with Crippen LogP contribution >= 0.6 is 11.3 Å². The van der Waals surface area contributed by atoms with Gasteiger partial charge in [0.05, 0.1) is 17.3 Å². The molecule has 1 heterocycles. The predicted octanol–water partition coefficient (Wildman–Crippen LogP) is 3.41. The van der Waals surface area contributed by atoms with Gasteiger partial charge in [-0.1, -0.05) is 0 Å². The lowest BCUT2D eigenvalue weighted by Crippen LogP contribution is -2.27. The first kappa shape index (κ1) is 14.5. The van der Waals surface area contributed by atoms with Gasteiger partial charge in [-0.2, -0.15) is 0 Å². The van der Waals surface area contributed by atoms with Crippen LogP contribution in [0, 0.1) is 18.6 Å². The van der Waals surface area contributed by atoms with E-state index in [0.717, 1.165) is 15.8 Å².